The first-order chi connectivity index (χ1) is 12.5. The molecule has 0 spiro atoms. The van der Waals surface area contributed by atoms with E-state index in [4.69, 9.17) is 5.21 Å². The van der Waals surface area contributed by atoms with Crippen LogP contribution in [0.3, 0.4) is 0 Å². The highest BCUT2D eigenvalue weighted by atomic mass is 19.3. The van der Waals surface area contributed by atoms with Gasteiger partial charge < -0.3 is 5.32 Å². The van der Waals surface area contributed by atoms with E-state index in [1.165, 1.54) is 6.92 Å². The molecule has 0 fully saturated rings. The first-order valence-electron chi connectivity index (χ1n) is 8.45. The number of nitrogens with one attached hydrogen (secondary N) is 2. The van der Waals surface area contributed by atoms with Gasteiger partial charge in [0.1, 0.15) is 0 Å². The monoisotopic (exact) mass is 358 g/mol. The predicted octanol–water partition coefficient (Wildman–Crippen LogP) is 4.72. The molecular formula is C21H24F2N2O. The van der Waals surface area contributed by atoms with E-state index in [1.807, 2.05) is 60.1 Å². The lowest BCUT2D eigenvalue weighted by molar-refractivity contribution is 0.0649. The number of hydrogen-bond acceptors (Lipinski definition) is 3. The number of rotatable bonds is 9. The van der Waals surface area contributed by atoms with Crippen molar-refractivity contribution in [1.29, 1.82) is 0 Å². The van der Waals surface area contributed by atoms with E-state index in [2.05, 4.69) is 24.0 Å². The molecule has 2 unspecified atom stereocenters. The zero-order valence-corrected chi connectivity index (χ0v) is 14.7. The summed E-state index contributed by atoms with van der Waals surface area (Å²) < 4.78 is 25.8. The van der Waals surface area contributed by atoms with Crippen molar-refractivity contribution in [3.05, 3.63) is 78.5 Å². The average Bonchev–Trinajstić information content (AvgIpc) is 2.68. The Morgan fingerprint density at radius 3 is 2.27 bits per heavy atom. The Hall–Kier alpha value is -2.50. The molecule has 26 heavy (non-hydrogen) atoms. The van der Waals surface area contributed by atoms with Gasteiger partial charge in [0.2, 0.25) is 6.43 Å². The van der Waals surface area contributed by atoms with Gasteiger partial charge in [-0.25, -0.2) is 8.78 Å². The van der Waals surface area contributed by atoms with E-state index < -0.39 is 18.4 Å². The SMILES string of the molecule is C=C(NO)C(NC/C=C/c1ccc(-c2ccccc2)cc1)C(C)C(F)F. The maximum atomic E-state index is 12.9. The van der Waals surface area contributed by atoms with Crippen LogP contribution in [-0.4, -0.2) is 24.2 Å². The van der Waals surface area contributed by atoms with Gasteiger partial charge in [-0.15, -0.1) is 0 Å². The standard InChI is InChI=1S/C21H24F2N2O/c1-15(21(22)23)20(16(2)25-26)24-14-6-7-17-10-12-19(13-11-17)18-8-4-3-5-9-18/h3-13,15,20-21,24-26H,2,14H2,1H3/b7-6+. The third-order valence-corrected chi connectivity index (χ3v) is 4.23. The summed E-state index contributed by atoms with van der Waals surface area (Å²) in [4.78, 5) is 0. The van der Waals surface area contributed by atoms with Crippen LogP contribution < -0.4 is 10.8 Å². The zero-order valence-electron chi connectivity index (χ0n) is 14.7. The molecule has 2 atom stereocenters. The first kappa shape index (κ1) is 19.8. The Balaban J connectivity index is 1.94. The summed E-state index contributed by atoms with van der Waals surface area (Å²) >= 11 is 0. The van der Waals surface area contributed by atoms with Crippen LogP contribution in [0.4, 0.5) is 8.78 Å². The summed E-state index contributed by atoms with van der Waals surface area (Å²) in [6.07, 6.45) is 1.26. The molecule has 0 aliphatic heterocycles. The molecule has 2 aromatic carbocycles. The van der Waals surface area contributed by atoms with Gasteiger partial charge in [-0.1, -0.05) is 80.3 Å². The molecule has 3 nitrogen and oxygen atoms in total. The lowest BCUT2D eigenvalue weighted by atomic mass is 10.00. The molecule has 0 heterocycles. The van der Waals surface area contributed by atoms with E-state index in [-0.39, 0.29) is 5.70 Å². The summed E-state index contributed by atoms with van der Waals surface area (Å²) in [5, 5.41) is 11.9. The summed E-state index contributed by atoms with van der Waals surface area (Å²) in [6, 6.07) is 17.5. The van der Waals surface area contributed by atoms with E-state index in [9.17, 15) is 8.78 Å². The van der Waals surface area contributed by atoms with Gasteiger partial charge in [-0.3, -0.25) is 10.7 Å². The second kappa shape index (κ2) is 9.85. The number of benzene rings is 2. The van der Waals surface area contributed by atoms with E-state index in [0.29, 0.717) is 6.54 Å². The van der Waals surface area contributed by atoms with Gasteiger partial charge >= 0.3 is 0 Å². The van der Waals surface area contributed by atoms with Crippen molar-refractivity contribution in [1.82, 2.24) is 10.8 Å². The second-order valence-electron chi connectivity index (χ2n) is 6.11. The molecule has 0 amide bonds. The minimum absolute atomic E-state index is 0.124. The van der Waals surface area contributed by atoms with Crippen molar-refractivity contribution >= 4 is 6.08 Å². The minimum Gasteiger partial charge on any atom is -0.305 e. The minimum atomic E-state index is -2.51. The topological polar surface area (TPSA) is 44.3 Å². The fourth-order valence-electron chi connectivity index (χ4n) is 2.65. The van der Waals surface area contributed by atoms with Crippen LogP contribution in [0.5, 0.6) is 0 Å². The van der Waals surface area contributed by atoms with Gasteiger partial charge in [0.25, 0.3) is 0 Å². The van der Waals surface area contributed by atoms with Gasteiger partial charge in [-0.05, 0) is 16.7 Å². The Morgan fingerprint density at radius 2 is 1.69 bits per heavy atom. The maximum Gasteiger partial charge on any atom is 0.243 e. The van der Waals surface area contributed by atoms with Crippen molar-refractivity contribution in [3.8, 4) is 11.1 Å². The summed E-state index contributed by atoms with van der Waals surface area (Å²) in [7, 11) is 0. The Labute approximate surface area is 153 Å². The lowest BCUT2D eigenvalue weighted by Gasteiger charge is -2.25. The van der Waals surface area contributed by atoms with Crippen LogP contribution in [0.1, 0.15) is 12.5 Å². The van der Waals surface area contributed by atoms with Crippen molar-refractivity contribution in [3.63, 3.8) is 0 Å². The van der Waals surface area contributed by atoms with Crippen LogP contribution in [0.2, 0.25) is 0 Å². The molecule has 0 aliphatic carbocycles. The van der Waals surface area contributed by atoms with Crippen molar-refractivity contribution in [2.75, 3.05) is 6.54 Å². The number of hydrogen-bond donors (Lipinski definition) is 3. The van der Waals surface area contributed by atoms with Crippen molar-refractivity contribution < 1.29 is 14.0 Å². The molecule has 3 N–H and O–H groups in total. The highest BCUT2D eigenvalue weighted by molar-refractivity contribution is 5.65. The van der Waals surface area contributed by atoms with E-state index in [0.717, 1.165) is 16.7 Å². The average molecular weight is 358 g/mol. The molecule has 2 aromatic rings. The molecule has 0 saturated heterocycles. The van der Waals surface area contributed by atoms with Crippen LogP contribution in [0.15, 0.2) is 72.9 Å². The molecule has 0 radical (unpaired) electrons. The summed E-state index contributed by atoms with van der Waals surface area (Å²) in [5.41, 5.74) is 5.30. The predicted molar refractivity (Wildman–Crippen MR) is 102 cm³/mol. The first-order valence-corrected chi connectivity index (χ1v) is 8.45. The number of hydroxylamine groups is 1. The fourth-order valence-corrected chi connectivity index (χ4v) is 2.65. The molecule has 5 heteroatoms. The largest absolute Gasteiger partial charge is 0.305 e. The van der Waals surface area contributed by atoms with Crippen LogP contribution >= 0.6 is 0 Å². The third-order valence-electron chi connectivity index (χ3n) is 4.23. The van der Waals surface area contributed by atoms with Crippen LogP contribution in [-0.2, 0) is 0 Å². The van der Waals surface area contributed by atoms with Gasteiger partial charge in [0.05, 0.1) is 6.04 Å². The molecule has 0 saturated carbocycles. The number of alkyl halides is 2. The Morgan fingerprint density at radius 1 is 1.08 bits per heavy atom. The zero-order chi connectivity index (χ0) is 18.9. The molecule has 138 valence electrons. The molecule has 0 aliphatic rings. The quantitative estimate of drug-likeness (QED) is 0.569. The van der Waals surface area contributed by atoms with Gasteiger partial charge in [0.15, 0.2) is 0 Å². The van der Waals surface area contributed by atoms with E-state index >= 15 is 0 Å². The highest BCUT2D eigenvalue weighted by Crippen LogP contribution is 2.20. The van der Waals surface area contributed by atoms with Gasteiger partial charge in [0, 0.05) is 18.2 Å². The summed E-state index contributed by atoms with van der Waals surface area (Å²) in [6.45, 7) is 5.36. The van der Waals surface area contributed by atoms with Crippen LogP contribution in [0, 0.1) is 5.92 Å². The second-order valence-corrected chi connectivity index (χ2v) is 6.11. The summed E-state index contributed by atoms with van der Waals surface area (Å²) in [5.74, 6) is -0.972. The molecule has 0 bridgehead atoms. The van der Waals surface area contributed by atoms with Crippen molar-refractivity contribution in [2.24, 2.45) is 5.92 Å². The lowest BCUT2D eigenvalue weighted by Crippen LogP contribution is -2.42. The molecular weight excluding hydrogens is 334 g/mol. The Kier molecular flexibility index (Phi) is 7.51. The van der Waals surface area contributed by atoms with Crippen molar-refractivity contribution in [2.45, 2.75) is 19.4 Å². The fraction of sp³-hybridized carbons (Fsp3) is 0.238. The normalized spacial score (nSPS) is 13.7. The smallest absolute Gasteiger partial charge is 0.243 e. The molecule has 0 aromatic heterocycles. The molecule has 2 rings (SSSR count). The third kappa shape index (κ3) is 5.51. The maximum absolute atomic E-state index is 12.9. The van der Waals surface area contributed by atoms with E-state index in [1.54, 1.807) is 0 Å². The highest BCUT2D eigenvalue weighted by Gasteiger charge is 2.26. The Bertz CT molecular complexity index is 715. The number of halogens is 2. The van der Waals surface area contributed by atoms with Gasteiger partial charge in [-0.2, -0.15) is 0 Å². The van der Waals surface area contributed by atoms with Crippen LogP contribution in [0.25, 0.3) is 17.2 Å².